The van der Waals surface area contributed by atoms with Crippen LogP contribution >= 0.6 is 0 Å². The minimum Gasteiger partial charge on any atom is -0.340 e. The van der Waals surface area contributed by atoms with E-state index in [2.05, 4.69) is 11.4 Å². The summed E-state index contributed by atoms with van der Waals surface area (Å²) in [5.74, 6) is 0.0193. The molecule has 1 aliphatic heterocycles. The molecule has 0 aromatic heterocycles. The average Bonchev–Trinajstić information content (AvgIpc) is 2.50. The van der Waals surface area contributed by atoms with Crippen LogP contribution in [-0.4, -0.2) is 54.3 Å². The van der Waals surface area contributed by atoms with Crippen molar-refractivity contribution in [3.63, 3.8) is 0 Å². The molecule has 0 atom stereocenters. The maximum atomic E-state index is 12.0. The van der Waals surface area contributed by atoms with Crippen molar-refractivity contribution >= 4 is 17.5 Å². The summed E-state index contributed by atoms with van der Waals surface area (Å²) in [5, 5.41) is 11.5. The second-order valence-corrected chi connectivity index (χ2v) is 5.36. The van der Waals surface area contributed by atoms with Gasteiger partial charge in [0, 0.05) is 38.8 Å². The molecule has 1 heterocycles. The zero-order valence-corrected chi connectivity index (χ0v) is 12.7. The van der Waals surface area contributed by atoms with Crippen LogP contribution < -0.4 is 5.32 Å². The zero-order valence-electron chi connectivity index (χ0n) is 12.7. The number of nitrogens with zero attached hydrogens (tertiary/aromatic N) is 3. The van der Waals surface area contributed by atoms with E-state index >= 15 is 0 Å². The van der Waals surface area contributed by atoms with Gasteiger partial charge in [-0.3, -0.25) is 14.5 Å². The number of nitrogens with one attached hydrogen (secondary N) is 1. The number of piperazine rings is 1. The molecule has 0 radical (unpaired) electrons. The van der Waals surface area contributed by atoms with Crippen LogP contribution in [-0.2, 0) is 16.0 Å². The highest BCUT2D eigenvalue weighted by Gasteiger charge is 2.20. The molecule has 116 valence electrons. The van der Waals surface area contributed by atoms with Crippen molar-refractivity contribution < 1.29 is 9.59 Å². The lowest BCUT2D eigenvalue weighted by Crippen LogP contribution is -2.49. The number of anilines is 1. The van der Waals surface area contributed by atoms with Crippen molar-refractivity contribution in [2.45, 2.75) is 13.3 Å². The molecule has 2 rings (SSSR count). The smallest absolute Gasteiger partial charge is 0.238 e. The van der Waals surface area contributed by atoms with Gasteiger partial charge in [-0.05, 0) is 17.7 Å². The molecule has 0 bridgehead atoms. The van der Waals surface area contributed by atoms with E-state index < -0.39 is 0 Å². The summed E-state index contributed by atoms with van der Waals surface area (Å²) < 4.78 is 0. The van der Waals surface area contributed by atoms with Gasteiger partial charge < -0.3 is 10.2 Å². The zero-order chi connectivity index (χ0) is 15.9. The first kappa shape index (κ1) is 16.0. The Balaban J connectivity index is 1.78. The lowest BCUT2D eigenvalue weighted by molar-refractivity contribution is -0.130. The quantitative estimate of drug-likeness (QED) is 0.894. The molecular formula is C16H20N4O2. The molecule has 1 saturated heterocycles. The van der Waals surface area contributed by atoms with Gasteiger partial charge in [0.1, 0.15) is 0 Å². The van der Waals surface area contributed by atoms with Gasteiger partial charge in [0.2, 0.25) is 11.8 Å². The Labute approximate surface area is 130 Å². The Kier molecular flexibility index (Phi) is 5.50. The first-order chi connectivity index (χ1) is 10.6. The van der Waals surface area contributed by atoms with Gasteiger partial charge in [-0.15, -0.1) is 0 Å². The summed E-state index contributed by atoms with van der Waals surface area (Å²) in [5.41, 5.74) is 1.66. The van der Waals surface area contributed by atoms with E-state index in [0.29, 0.717) is 39.1 Å². The number of amides is 2. The van der Waals surface area contributed by atoms with Crippen molar-refractivity contribution in [3.8, 4) is 6.07 Å². The molecule has 22 heavy (non-hydrogen) atoms. The number of carbonyl (C=O) groups excluding carboxylic acids is 2. The van der Waals surface area contributed by atoms with E-state index in [-0.39, 0.29) is 11.8 Å². The molecule has 6 heteroatoms. The SMILES string of the molecule is CC(=O)N1CCN(CC(=O)Nc2ccc(CC#N)cc2)CC1. The summed E-state index contributed by atoms with van der Waals surface area (Å²) in [6, 6.07) is 9.37. The van der Waals surface area contributed by atoms with Crippen molar-refractivity contribution in [3.05, 3.63) is 29.8 Å². The van der Waals surface area contributed by atoms with Crippen molar-refractivity contribution in [1.29, 1.82) is 5.26 Å². The molecular weight excluding hydrogens is 280 g/mol. The van der Waals surface area contributed by atoms with E-state index in [4.69, 9.17) is 5.26 Å². The van der Waals surface area contributed by atoms with Crippen LogP contribution in [0.1, 0.15) is 12.5 Å². The van der Waals surface area contributed by atoms with Gasteiger partial charge >= 0.3 is 0 Å². The van der Waals surface area contributed by atoms with Gasteiger partial charge in [0.05, 0.1) is 19.0 Å². The van der Waals surface area contributed by atoms with E-state index in [1.54, 1.807) is 24.0 Å². The minimum atomic E-state index is -0.0655. The number of carbonyl (C=O) groups is 2. The Morgan fingerprint density at radius 1 is 1.18 bits per heavy atom. The number of hydrogen-bond acceptors (Lipinski definition) is 4. The van der Waals surface area contributed by atoms with Gasteiger partial charge in [0.25, 0.3) is 0 Å². The first-order valence-corrected chi connectivity index (χ1v) is 7.32. The second-order valence-electron chi connectivity index (χ2n) is 5.36. The predicted molar refractivity (Wildman–Crippen MR) is 83.1 cm³/mol. The van der Waals surface area contributed by atoms with E-state index in [1.807, 2.05) is 17.0 Å². The Bertz CT molecular complexity index is 569. The van der Waals surface area contributed by atoms with Crippen molar-refractivity contribution in [2.75, 3.05) is 38.0 Å². The fourth-order valence-corrected chi connectivity index (χ4v) is 2.42. The summed E-state index contributed by atoms with van der Waals surface area (Å²) >= 11 is 0. The molecule has 1 fully saturated rings. The monoisotopic (exact) mass is 300 g/mol. The van der Waals surface area contributed by atoms with E-state index in [0.717, 1.165) is 11.3 Å². The number of benzene rings is 1. The van der Waals surface area contributed by atoms with Gasteiger partial charge in [-0.2, -0.15) is 5.26 Å². The van der Waals surface area contributed by atoms with Crippen LogP contribution in [0.4, 0.5) is 5.69 Å². The van der Waals surface area contributed by atoms with Crippen LogP contribution in [0.3, 0.4) is 0 Å². The van der Waals surface area contributed by atoms with Crippen molar-refractivity contribution in [2.24, 2.45) is 0 Å². The predicted octanol–water partition coefficient (Wildman–Crippen LogP) is 0.855. The highest BCUT2D eigenvalue weighted by molar-refractivity contribution is 5.92. The van der Waals surface area contributed by atoms with Gasteiger partial charge in [-0.25, -0.2) is 0 Å². The summed E-state index contributed by atoms with van der Waals surface area (Å²) in [4.78, 5) is 27.1. The van der Waals surface area contributed by atoms with Crippen LogP contribution in [0.5, 0.6) is 0 Å². The standard InChI is InChI=1S/C16H20N4O2/c1-13(21)20-10-8-19(9-11-20)12-16(22)18-15-4-2-14(3-5-15)6-7-17/h2-5H,6,8-12H2,1H3,(H,18,22). The molecule has 6 nitrogen and oxygen atoms in total. The fourth-order valence-electron chi connectivity index (χ4n) is 2.42. The number of nitriles is 1. The first-order valence-electron chi connectivity index (χ1n) is 7.32. The third kappa shape index (κ3) is 4.57. The highest BCUT2D eigenvalue weighted by Crippen LogP contribution is 2.10. The molecule has 1 aliphatic rings. The van der Waals surface area contributed by atoms with Crippen molar-refractivity contribution in [1.82, 2.24) is 9.80 Å². The molecule has 0 saturated carbocycles. The maximum absolute atomic E-state index is 12.0. The maximum Gasteiger partial charge on any atom is 0.238 e. The van der Waals surface area contributed by atoms with Gasteiger partial charge in [-0.1, -0.05) is 12.1 Å². The third-order valence-electron chi connectivity index (χ3n) is 3.71. The minimum absolute atomic E-state index is 0.0655. The fraction of sp³-hybridized carbons (Fsp3) is 0.438. The van der Waals surface area contributed by atoms with E-state index in [9.17, 15) is 9.59 Å². The largest absolute Gasteiger partial charge is 0.340 e. The van der Waals surface area contributed by atoms with Crippen LogP contribution in [0.15, 0.2) is 24.3 Å². The number of hydrogen-bond donors (Lipinski definition) is 1. The molecule has 1 aromatic rings. The summed E-state index contributed by atoms with van der Waals surface area (Å²) in [6.07, 6.45) is 0.370. The lowest BCUT2D eigenvalue weighted by atomic mass is 10.1. The molecule has 0 spiro atoms. The summed E-state index contributed by atoms with van der Waals surface area (Å²) in [6.45, 7) is 4.67. The lowest BCUT2D eigenvalue weighted by Gasteiger charge is -2.33. The highest BCUT2D eigenvalue weighted by atomic mass is 16.2. The van der Waals surface area contributed by atoms with Crippen LogP contribution in [0, 0.1) is 11.3 Å². The van der Waals surface area contributed by atoms with Crippen LogP contribution in [0.25, 0.3) is 0 Å². The van der Waals surface area contributed by atoms with Gasteiger partial charge in [0.15, 0.2) is 0 Å². The van der Waals surface area contributed by atoms with Crippen LogP contribution in [0.2, 0.25) is 0 Å². The number of rotatable bonds is 4. The molecule has 1 aromatic carbocycles. The Morgan fingerprint density at radius 3 is 2.36 bits per heavy atom. The molecule has 2 amide bonds. The Hall–Kier alpha value is -2.39. The van der Waals surface area contributed by atoms with E-state index in [1.165, 1.54) is 0 Å². The Morgan fingerprint density at radius 2 is 1.82 bits per heavy atom. The molecule has 0 aliphatic carbocycles. The molecule has 1 N–H and O–H groups in total. The normalized spacial score (nSPS) is 15.2. The molecule has 0 unspecified atom stereocenters. The average molecular weight is 300 g/mol. The summed E-state index contributed by atoms with van der Waals surface area (Å²) in [7, 11) is 0. The second kappa shape index (κ2) is 7.57. The topological polar surface area (TPSA) is 76.4 Å². The third-order valence-corrected chi connectivity index (χ3v) is 3.71.